The molecular weight excluding hydrogens is 445 g/mol. The molecule has 6 nitrogen and oxygen atoms in total. The van der Waals surface area contributed by atoms with Gasteiger partial charge in [-0.05, 0) is 48.4 Å². The number of nitrogens with zero attached hydrogens (tertiary/aromatic N) is 4. The van der Waals surface area contributed by atoms with Crippen LogP contribution in [0.1, 0.15) is 34.4 Å². The van der Waals surface area contributed by atoms with Gasteiger partial charge in [-0.2, -0.15) is 10.1 Å². The van der Waals surface area contributed by atoms with E-state index in [4.69, 9.17) is 27.9 Å². The molecule has 32 heavy (non-hydrogen) atoms. The summed E-state index contributed by atoms with van der Waals surface area (Å²) < 4.78 is 8.46. The Balaban J connectivity index is 1.64. The number of rotatable bonds is 2. The molecule has 0 aliphatic carbocycles. The topological polar surface area (TPSA) is 64.9 Å². The number of fused-ring (bicyclic) bond motifs is 3. The largest absolute Gasteiger partial charge is 0.480 e. The third-order valence-electron chi connectivity index (χ3n) is 5.82. The van der Waals surface area contributed by atoms with Crippen LogP contribution in [0.2, 0.25) is 10.0 Å². The van der Waals surface area contributed by atoms with Crippen LogP contribution >= 0.6 is 23.2 Å². The van der Waals surface area contributed by atoms with Gasteiger partial charge in [-0.3, -0.25) is 4.98 Å². The number of halogens is 2. The molecule has 0 amide bonds. The summed E-state index contributed by atoms with van der Waals surface area (Å²) in [5, 5.41) is 8.99. The summed E-state index contributed by atoms with van der Waals surface area (Å²) >= 11 is 12.6. The minimum absolute atomic E-state index is 0.259. The Morgan fingerprint density at radius 2 is 1.94 bits per heavy atom. The summed E-state index contributed by atoms with van der Waals surface area (Å²) in [7, 11) is 0. The first-order valence-corrected chi connectivity index (χ1v) is 10.9. The van der Waals surface area contributed by atoms with E-state index in [-0.39, 0.29) is 6.04 Å². The molecule has 0 fully saturated rings. The zero-order valence-corrected chi connectivity index (χ0v) is 18.5. The standard InChI is InChI=1S/C24H17Cl2N5O/c1-13-4-7-19-16(9-13)21-20(23(32-19)14-5-6-17(25)18(26)10-14)22(15-3-2-8-27-11-15)31-24(30-21)28-12-29-31/h2-12,22-23H,1H3,(H,28,29,30)/t22-,23+/m0/s1. The van der Waals surface area contributed by atoms with Gasteiger partial charge in [-0.1, -0.05) is 47.0 Å². The van der Waals surface area contributed by atoms with E-state index in [9.17, 15) is 0 Å². The van der Waals surface area contributed by atoms with Gasteiger partial charge in [0.15, 0.2) is 0 Å². The van der Waals surface area contributed by atoms with Crippen molar-refractivity contribution >= 4 is 34.8 Å². The molecule has 2 aromatic carbocycles. The lowest BCUT2D eigenvalue weighted by Gasteiger charge is -2.39. The van der Waals surface area contributed by atoms with Crippen LogP contribution in [-0.4, -0.2) is 19.7 Å². The average molecular weight is 462 g/mol. The molecule has 2 aromatic heterocycles. The Labute approximate surface area is 194 Å². The third-order valence-corrected chi connectivity index (χ3v) is 6.55. The molecule has 6 rings (SSSR count). The highest BCUT2D eigenvalue weighted by Crippen LogP contribution is 2.51. The van der Waals surface area contributed by atoms with Crippen LogP contribution < -0.4 is 10.1 Å². The SMILES string of the molecule is Cc1ccc2c(c1)C1=C([C@H](c3cccnc3)n3ncnc3N1)[C@@H](c1ccc(Cl)c(Cl)c1)O2. The number of hydrogen-bond acceptors (Lipinski definition) is 5. The highest BCUT2D eigenvalue weighted by atomic mass is 35.5. The number of nitrogens with one attached hydrogen (secondary N) is 1. The van der Waals surface area contributed by atoms with Gasteiger partial charge >= 0.3 is 0 Å². The van der Waals surface area contributed by atoms with Gasteiger partial charge in [0.1, 0.15) is 24.2 Å². The molecule has 0 saturated heterocycles. The fourth-order valence-electron chi connectivity index (χ4n) is 4.39. The second-order valence-corrected chi connectivity index (χ2v) is 8.66. The third kappa shape index (κ3) is 2.98. The second-order valence-electron chi connectivity index (χ2n) is 7.84. The van der Waals surface area contributed by atoms with Gasteiger partial charge in [-0.25, -0.2) is 4.68 Å². The van der Waals surface area contributed by atoms with Crippen molar-refractivity contribution in [3.05, 3.63) is 105 Å². The first kappa shape index (κ1) is 19.3. The van der Waals surface area contributed by atoms with Crippen molar-refractivity contribution in [2.45, 2.75) is 19.1 Å². The molecule has 8 heteroatoms. The first-order valence-electron chi connectivity index (χ1n) is 10.1. The zero-order valence-electron chi connectivity index (χ0n) is 17.0. The maximum Gasteiger partial charge on any atom is 0.226 e. The van der Waals surface area contributed by atoms with E-state index in [1.54, 1.807) is 18.6 Å². The van der Waals surface area contributed by atoms with Gasteiger partial charge in [0.05, 0.1) is 15.7 Å². The van der Waals surface area contributed by atoms with Crippen LogP contribution in [-0.2, 0) is 0 Å². The molecule has 4 aromatic rings. The van der Waals surface area contributed by atoms with Crippen molar-refractivity contribution in [1.29, 1.82) is 0 Å². The van der Waals surface area contributed by atoms with Gasteiger partial charge in [-0.15, -0.1) is 0 Å². The molecule has 0 saturated carbocycles. The number of aryl methyl sites for hydroxylation is 1. The lowest BCUT2D eigenvalue weighted by molar-refractivity contribution is 0.223. The first-order chi connectivity index (χ1) is 15.6. The van der Waals surface area contributed by atoms with E-state index >= 15 is 0 Å². The molecule has 0 unspecified atom stereocenters. The summed E-state index contributed by atoms with van der Waals surface area (Å²) in [6.07, 6.45) is 4.75. The Kier molecular flexibility index (Phi) is 4.45. The lowest BCUT2D eigenvalue weighted by atomic mass is 9.85. The summed E-state index contributed by atoms with van der Waals surface area (Å²) in [4.78, 5) is 8.80. The summed E-state index contributed by atoms with van der Waals surface area (Å²) in [5.74, 6) is 1.45. The molecule has 0 spiro atoms. The lowest BCUT2D eigenvalue weighted by Crippen LogP contribution is -2.32. The van der Waals surface area contributed by atoms with E-state index in [0.717, 1.165) is 39.3 Å². The van der Waals surface area contributed by atoms with Gasteiger partial charge < -0.3 is 10.1 Å². The maximum absolute atomic E-state index is 6.60. The number of pyridine rings is 1. The van der Waals surface area contributed by atoms with E-state index in [1.807, 2.05) is 47.3 Å². The highest BCUT2D eigenvalue weighted by molar-refractivity contribution is 6.42. The minimum atomic E-state index is -0.412. The molecule has 0 radical (unpaired) electrons. The molecule has 2 aliphatic heterocycles. The van der Waals surface area contributed by atoms with Crippen LogP contribution in [0.25, 0.3) is 5.70 Å². The number of aromatic nitrogens is 4. The van der Waals surface area contributed by atoms with Crippen molar-refractivity contribution in [2.24, 2.45) is 0 Å². The van der Waals surface area contributed by atoms with E-state index in [1.165, 1.54) is 0 Å². The molecule has 0 bridgehead atoms. The van der Waals surface area contributed by atoms with E-state index < -0.39 is 6.10 Å². The van der Waals surface area contributed by atoms with Crippen molar-refractivity contribution in [3.63, 3.8) is 0 Å². The molecule has 2 aliphatic rings. The average Bonchev–Trinajstić information content (AvgIpc) is 3.28. The van der Waals surface area contributed by atoms with E-state index in [2.05, 4.69) is 33.4 Å². The second kappa shape index (κ2) is 7.36. The number of hydrogen-bond donors (Lipinski definition) is 1. The van der Waals surface area contributed by atoms with Crippen molar-refractivity contribution in [3.8, 4) is 5.75 Å². The van der Waals surface area contributed by atoms with Crippen molar-refractivity contribution in [1.82, 2.24) is 19.7 Å². The summed E-state index contributed by atoms with van der Waals surface area (Å²) in [6.45, 7) is 2.06. The molecule has 158 valence electrons. The number of anilines is 1. The monoisotopic (exact) mass is 461 g/mol. The minimum Gasteiger partial charge on any atom is -0.480 e. The van der Waals surface area contributed by atoms with Gasteiger partial charge in [0, 0.05) is 23.5 Å². The van der Waals surface area contributed by atoms with Crippen molar-refractivity contribution in [2.75, 3.05) is 5.32 Å². The summed E-state index contributed by atoms with van der Waals surface area (Å²) in [6, 6.07) is 15.5. The van der Waals surface area contributed by atoms with Crippen LogP contribution in [0, 0.1) is 6.92 Å². The molecular formula is C24H17Cl2N5O. The maximum atomic E-state index is 6.60. The Morgan fingerprint density at radius 3 is 2.75 bits per heavy atom. The Bertz CT molecular complexity index is 1380. The number of benzene rings is 2. The van der Waals surface area contributed by atoms with Crippen LogP contribution in [0.3, 0.4) is 0 Å². The summed E-state index contributed by atoms with van der Waals surface area (Å²) in [5.41, 5.74) is 5.97. The molecule has 2 atom stereocenters. The fraction of sp³-hybridized carbons (Fsp3) is 0.125. The molecule has 1 N–H and O–H groups in total. The predicted molar refractivity (Wildman–Crippen MR) is 124 cm³/mol. The van der Waals surface area contributed by atoms with E-state index in [0.29, 0.717) is 16.0 Å². The Morgan fingerprint density at radius 1 is 1.03 bits per heavy atom. The smallest absolute Gasteiger partial charge is 0.226 e. The predicted octanol–water partition coefficient (Wildman–Crippen LogP) is 5.85. The van der Waals surface area contributed by atoms with Crippen LogP contribution in [0.4, 0.5) is 5.95 Å². The number of ether oxygens (including phenoxy) is 1. The zero-order chi connectivity index (χ0) is 21.8. The Hall–Kier alpha value is -3.35. The van der Waals surface area contributed by atoms with Crippen molar-refractivity contribution < 1.29 is 4.74 Å². The normalized spacial score (nSPS) is 18.8. The highest BCUT2D eigenvalue weighted by Gasteiger charge is 2.41. The van der Waals surface area contributed by atoms with Crippen LogP contribution in [0.15, 0.2) is 72.8 Å². The van der Waals surface area contributed by atoms with Gasteiger partial charge in [0.2, 0.25) is 5.95 Å². The van der Waals surface area contributed by atoms with Crippen LogP contribution in [0.5, 0.6) is 5.75 Å². The molecule has 4 heterocycles. The fourth-order valence-corrected chi connectivity index (χ4v) is 4.70. The quantitative estimate of drug-likeness (QED) is 0.405. The van der Waals surface area contributed by atoms with Gasteiger partial charge in [0.25, 0.3) is 0 Å².